The molecule has 40 heavy (non-hydrogen) atoms. The highest BCUT2D eigenvalue weighted by Crippen LogP contribution is 2.65. The van der Waals surface area contributed by atoms with E-state index < -0.39 is 0 Å². The fourth-order valence-electron chi connectivity index (χ4n) is 11.1. The number of amides is 1. The van der Waals surface area contributed by atoms with E-state index in [-0.39, 0.29) is 23.8 Å². The van der Waals surface area contributed by atoms with Gasteiger partial charge in [0.2, 0.25) is 0 Å². The summed E-state index contributed by atoms with van der Waals surface area (Å²) in [6.45, 7) is 10.9. The van der Waals surface area contributed by atoms with Gasteiger partial charge in [-0.3, -0.25) is 0 Å². The summed E-state index contributed by atoms with van der Waals surface area (Å²) in [6, 6.07) is 10.2. The van der Waals surface area contributed by atoms with E-state index in [4.69, 9.17) is 9.47 Å². The molecule has 4 heteroatoms. The Hall–Kier alpha value is -1.81. The average Bonchev–Trinajstić information content (AvgIpc) is 3.41. The maximum absolute atomic E-state index is 13.5. The second-order valence-corrected chi connectivity index (χ2v) is 15.2. The molecule has 2 aliphatic heterocycles. The number of hydrogen-bond donors (Lipinski definition) is 0. The van der Waals surface area contributed by atoms with Crippen molar-refractivity contribution in [2.24, 2.45) is 40.9 Å². The number of allylic oxidation sites excluding steroid dienone is 1. The largest absolute Gasteiger partial charge is 0.445 e. The van der Waals surface area contributed by atoms with E-state index in [0.29, 0.717) is 23.9 Å². The van der Waals surface area contributed by atoms with Crippen LogP contribution in [0.25, 0.3) is 0 Å². The van der Waals surface area contributed by atoms with E-state index in [2.05, 4.69) is 32.6 Å². The third-order valence-corrected chi connectivity index (χ3v) is 13.1. The van der Waals surface area contributed by atoms with Crippen molar-refractivity contribution in [2.75, 3.05) is 6.54 Å². The van der Waals surface area contributed by atoms with E-state index in [1.807, 2.05) is 35.9 Å². The first-order valence-corrected chi connectivity index (χ1v) is 16.6. The second-order valence-electron chi connectivity index (χ2n) is 15.2. The summed E-state index contributed by atoms with van der Waals surface area (Å²) < 4.78 is 13.1. The van der Waals surface area contributed by atoms with E-state index >= 15 is 0 Å². The molecule has 2 saturated heterocycles. The summed E-state index contributed by atoms with van der Waals surface area (Å²) in [5, 5.41) is 0. The van der Waals surface area contributed by atoms with Gasteiger partial charge >= 0.3 is 6.09 Å². The molecule has 4 aliphatic carbocycles. The van der Waals surface area contributed by atoms with Crippen LogP contribution in [0.2, 0.25) is 0 Å². The van der Waals surface area contributed by atoms with Crippen molar-refractivity contribution < 1.29 is 14.3 Å². The minimum Gasteiger partial charge on any atom is -0.445 e. The Morgan fingerprint density at radius 2 is 1.90 bits per heavy atom. The van der Waals surface area contributed by atoms with Crippen molar-refractivity contribution in [1.82, 2.24) is 4.90 Å². The average molecular weight is 546 g/mol. The highest BCUT2D eigenvalue weighted by atomic mass is 16.6. The lowest BCUT2D eigenvalue weighted by Gasteiger charge is -2.52. The Morgan fingerprint density at radius 1 is 1.07 bits per heavy atom. The van der Waals surface area contributed by atoms with Gasteiger partial charge < -0.3 is 14.4 Å². The van der Waals surface area contributed by atoms with Crippen molar-refractivity contribution in [3.8, 4) is 0 Å². The molecule has 1 spiro atoms. The molecule has 0 bridgehead atoms. The lowest BCUT2D eigenvalue weighted by Crippen LogP contribution is -2.54. The second kappa shape index (κ2) is 10.2. The molecule has 0 radical (unpaired) electrons. The summed E-state index contributed by atoms with van der Waals surface area (Å²) in [5.74, 6) is 4.23. The Labute approximate surface area is 242 Å². The third-order valence-electron chi connectivity index (χ3n) is 13.1. The number of fused-ring (bicyclic) bond motifs is 6. The lowest BCUT2D eigenvalue weighted by molar-refractivity contribution is -0.0800. The monoisotopic (exact) mass is 545 g/mol. The zero-order chi connectivity index (χ0) is 27.6. The van der Waals surface area contributed by atoms with Crippen LogP contribution in [0.3, 0.4) is 0 Å². The summed E-state index contributed by atoms with van der Waals surface area (Å²) in [5.41, 5.74) is 4.90. The Kier molecular flexibility index (Phi) is 6.88. The van der Waals surface area contributed by atoms with Gasteiger partial charge in [0.05, 0.1) is 17.7 Å². The first-order valence-electron chi connectivity index (χ1n) is 16.6. The molecule has 2 heterocycles. The van der Waals surface area contributed by atoms with Crippen molar-refractivity contribution >= 4 is 6.09 Å². The highest BCUT2D eigenvalue weighted by Gasteiger charge is 2.60. The molecule has 1 aromatic carbocycles. The lowest BCUT2D eigenvalue weighted by atomic mass is 9.52. The normalized spacial score (nSPS) is 44.5. The molecule has 218 valence electrons. The number of benzene rings is 1. The maximum atomic E-state index is 13.5. The fourth-order valence-corrected chi connectivity index (χ4v) is 11.1. The van der Waals surface area contributed by atoms with Gasteiger partial charge in [0.1, 0.15) is 6.61 Å². The van der Waals surface area contributed by atoms with Crippen molar-refractivity contribution in [3.05, 3.63) is 47.0 Å². The first-order chi connectivity index (χ1) is 19.3. The minimum atomic E-state index is -0.168. The standard InChI is InChI=1S/C36H51NO3/c1-23-18-32-33(37(21-23)34(38)39-22-26-10-6-5-7-11-26)25(3)36(40-32)17-15-28-29-14-13-27-12-8-9-16-35(27,4)31(29)19-30(28)24(2)20-36/h5-7,10-11,23,25,27-29,31-33H,8-9,12-22H2,1-4H3/t23-,25+,27-,28-,29-,31-,32+,33-,35-,36-/m0/s1. The van der Waals surface area contributed by atoms with Crippen molar-refractivity contribution in [2.45, 2.75) is 123 Å². The topological polar surface area (TPSA) is 38.8 Å². The van der Waals surface area contributed by atoms with Crippen LogP contribution < -0.4 is 0 Å². The molecule has 1 aromatic rings. The molecular formula is C36H51NO3. The molecule has 3 saturated carbocycles. The van der Waals surface area contributed by atoms with E-state index in [9.17, 15) is 4.79 Å². The Morgan fingerprint density at radius 3 is 2.73 bits per heavy atom. The van der Waals surface area contributed by atoms with Crippen LogP contribution in [0.5, 0.6) is 0 Å². The van der Waals surface area contributed by atoms with Gasteiger partial charge in [-0.2, -0.15) is 0 Å². The zero-order valence-corrected chi connectivity index (χ0v) is 25.4. The third kappa shape index (κ3) is 4.29. The summed E-state index contributed by atoms with van der Waals surface area (Å²) in [4.78, 5) is 15.6. The Balaban J connectivity index is 1.11. The molecule has 10 atom stereocenters. The summed E-state index contributed by atoms with van der Waals surface area (Å²) in [6.07, 6.45) is 14.5. The van der Waals surface area contributed by atoms with Crippen LogP contribution in [-0.2, 0) is 16.1 Å². The van der Waals surface area contributed by atoms with Gasteiger partial charge in [-0.15, -0.1) is 0 Å². The smallest absolute Gasteiger partial charge is 0.410 e. The predicted molar refractivity (Wildman–Crippen MR) is 159 cm³/mol. The molecule has 5 fully saturated rings. The number of nitrogens with zero attached hydrogens (tertiary/aromatic N) is 1. The van der Waals surface area contributed by atoms with Crippen LogP contribution >= 0.6 is 0 Å². The van der Waals surface area contributed by atoms with Gasteiger partial charge in [-0.25, -0.2) is 4.79 Å². The van der Waals surface area contributed by atoms with Gasteiger partial charge in [0, 0.05) is 12.5 Å². The molecule has 0 unspecified atom stereocenters. The van der Waals surface area contributed by atoms with Gasteiger partial charge in [-0.05, 0) is 105 Å². The van der Waals surface area contributed by atoms with Crippen molar-refractivity contribution in [3.63, 3.8) is 0 Å². The maximum Gasteiger partial charge on any atom is 0.410 e. The summed E-state index contributed by atoms with van der Waals surface area (Å²) >= 11 is 0. The molecule has 6 aliphatic rings. The molecule has 7 rings (SSSR count). The van der Waals surface area contributed by atoms with E-state index in [0.717, 1.165) is 55.0 Å². The van der Waals surface area contributed by atoms with Gasteiger partial charge in [0.25, 0.3) is 0 Å². The summed E-state index contributed by atoms with van der Waals surface area (Å²) in [7, 11) is 0. The molecular weight excluding hydrogens is 494 g/mol. The number of rotatable bonds is 2. The number of piperidine rings is 1. The van der Waals surface area contributed by atoms with Crippen LogP contribution in [0.4, 0.5) is 4.79 Å². The minimum absolute atomic E-state index is 0.111. The number of hydrogen-bond acceptors (Lipinski definition) is 3. The quantitative estimate of drug-likeness (QED) is 0.350. The van der Waals surface area contributed by atoms with Crippen LogP contribution in [0, 0.1) is 40.9 Å². The van der Waals surface area contributed by atoms with Crippen LogP contribution in [0.1, 0.15) is 104 Å². The molecule has 1 amide bonds. The predicted octanol–water partition coefficient (Wildman–Crippen LogP) is 8.55. The molecule has 0 N–H and O–H groups in total. The van der Waals surface area contributed by atoms with Gasteiger partial charge in [0.15, 0.2) is 0 Å². The van der Waals surface area contributed by atoms with Crippen LogP contribution in [-0.4, -0.2) is 35.3 Å². The number of carbonyl (C=O) groups is 1. The van der Waals surface area contributed by atoms with Crippen molar-refractivity contribution in [1.29, 1.82) is 0 Å². The van der Waals surface area contributed by atoms with Gasteiger partial charge in [-0.1, -0.05) is 75.1 Å². The zero-order valence-electron chi connectivity index (χ0n) is 25.4. The number of ether oxygens (including phenoxy) is 2. The van der Waals surface area contributed by atoms with E-state index in [1.165, 1.54) is 51.4 Å². The van der Waals surface area contributed by atoms with E-state index in [1.54, 1.807) is 5.57 Å². The Bertz CT molecular complexity index is 1150. The van der Waals surface area contributed by atoms with Crippen LogP contribution in [0.15, 0.2) is 41.5 Å². The molecule has 4 nitrogen and oxygen atoms in total. The highest BCUT2D eigenvalue weighted by molar-refractivity contribution is 5.68. The number of likely N-dealkylation sites (tertiary alicyclic amines) is 1. The first kappa shape index (κ1) is 27.0. The fraction of sp³-hybridized carbons (Fsp3) is 0.750. The molecule has 0 aromatic heterocycles. The number of carbonyl (C=O) groups excluding carboxylic acids is 1. The SMILES string of the molecule is CC1=C2C[C@H]3[C@@H](CC[C@@H]4CCCC[C@@]43C)[C@@H]2CC[C@@]2(C1)O[C@@H]1C[C@H](C)CN(C(=O)OCc3ccccc3)[C@H]1[C@H]2C.